The zero-order valence-electron chi connectivity index (χ0n) is 17.3. The summed E-state index contributed by atoms with van der Waals surface area (Å²) in [6.07, 6.45) is 4.00. The summed E-state index contributed by atoms with van der Waals surface area (Å²) in [6.45, 7) is 3.95. The molecule has 2 heterocycles. The van der Waals surface area contributed by atoms with Crippen molar-refractivity contribution >= 4 is 40.2 Å². The lowest BCUT2D eigenvalue weighted by Gasteiger charge is -2.26. The zero-order chi connectivity index (χ0) is 21.8. The Kier molecular flexibility index (Phi) is 6.30. The lowest BCUT2D eigenvalue weighted by Crippen LogP contribution is -2.45. The number of carbonyl (C=O) groups excluding carboxylic acids is 1. The van der Waals surface area contributed by atoms with Gasteiger partial charge in [0.25, 0.3) is 5.91 Å². The van der Waals surface area contributed by atoms with Crippen LogP contribution in [0.5, 0.6) is 0 Å². The molecule has 31 heavy (non-hydrogen) atoms. The van der Waals surface area contributed by atoms with E-state index in [9.17, 15) is 4.79 Å². The van der Waals surface area contributed by atoms with Gasteiger partial charge in [-0.25, -0.2) is 9.97 Å². The number of furan rings is 1. The van der Waals surface area contributed by atoms with E-state index in [2.05, 4.69) is 15.3 Å². The summed E-state index contributed by atoms with van der Waals surface area (Å²) in [5, 5.41) is 5.37. The van der Waals surface area contributed by atoms with Crippen LogP contribution in [0.15, 0.2) is 76.6 Å². The molecule has 5 nitrogen and oxygen atoms in total. The highest BCUT2D eigenvalue weighted by molar-refractivity contribution is 7.98. The van der Waals surface area contributed by atoms with Gasteiger partial charge in [-0.1, -0.05) is 59.8 Å². The largest absolute Gasteiger partial charge is 0.451 e. The van der Waals surface area contributed by atoms with Crippen LogP contribution >= 0.6 is 23.4 Å². The van der Waals surface area contributed by atoms with Crippen molar-refractivity contribution in [2.24, 2.45) is 0 Å². The first-order valence-electron chi connectivity index (χ1n) is 9.89. The number of hydrogen-bond donors (Lipinski definition) is 1. The van der Waals surface area contributed by atoms with Crippen molar-refractivity contribution in [3.05, 3.63) is 88.9 Å². The van der Waals surface area contributed by atoms with Crippen LogP contribution in [0.2, 0.25) is 5.02 Å². The molecule has 158 valence electrons. The summed E-state index contributed by atoms with van der Waals surface area (Å²) in [4.78, 5) is 21.8. The predicted octanol–water partition coefficient (Wildman–Crippen LogP) is 5.92. The number of benzene rings is 2. The molecule has 0 atom stereocenters. The first-order chi connectivity index (χ1) is 14.9. The number of nitrogens with one attached hydrogen (secondary N) is 1. The van der Waals surface area contributed by atoms with Crippen molar-refractivity contribution in [2.45, 2.75) is 36.7 Å². The van der Waals surface area contributed by atoms with Gasteiger partial charge in [0.05, 0.1) is 0 Å². The number of fused-ring (bicyclic) bond motifs is 1. The second kappa shape index (κ2) is 9.12. The first-order valence-corrected chi connectivity index (χ1v) is 11.3. The van der Waals surface area contributed by atoms with Crippen LogP contribution in [0.25, 0.3) is 11.0 Å². The molecule has 0 aliphatic heterocycles. The minimum Gasteiger partial charge on any atom is -0.451 e. The van der Waals surface area contributed by atoms with Crippen LogP contribution in [-0.2, 0) is 12.2 Å². The van der Waals surface area contributed by atoms with Crippen molar-refractivity contribution in [3.63, 3.8) is 0 Å². The van der Waals surface area contributed by atoms with Gasteiger partial charge < -0.3 is 9.73 Å². The van der Waals surface area contributed by atoms with E-state index in [1.165, 1.54) is 11.8 Å². The molecule has 0 aliphatic carbocycles. The zero-order valence-corrected chi connectivity index (χ0v) is 18.8. The van der Waals surface area contributed by atoms with Crippen LogP contribution in [0.4, 0.5) is 0 Å². The summed E-state index contributed by atoms with van der Waals surface area (Å²) in [7, 11) is 0. The van der Waals surface area contributed by atoms with Crippen molar-refractivity contribution in [2.75, 3.05) is 0 Å². The Morgan fingerprint density at radius 1 is 1.06 bits per heavy atom. The minimum absolute atomic E-state index is 0.252. The molecular formula is C24H22ClN3O2S. The molecule has 7 heteroatoms. The molecule has 1 N–H and O–H groups in total. The molecule has 0 saturated carbocycles. The van der Waals surface area contributed by atoms with E-state index in [1.54, 1.807) is 18.5 Å². The molecule has 0 saturated heterocycles. The number of aromatic nitrogens is 2. The van der Waals surface area contributed by atoms with E-state index in [-0.39, 0.29) is 5.91 Å². The first kappa shape index (κ1) is 21.4. The second-order valence-electron chi connectivity index (χ2n) is 7.83. The standard InChI is InChI=1S/C24H22ClN3O2S/c1-24(2,14-16-8-3-5-10-19(16)25)28-22(29)21-18(15-31-23-26-12-7-13-27-23)17-9-4-6-11-20(17)30-21/h3-13H,14-15H2,1-2H3,(H,28,29). The molecular weight excluding hydrogens is 430 g/mol. The van der Waals surface area contributed by atoms with Crippen LogP contribution in [0.3, 0.4) is 0 Å². The maximum Gasteiger partial charge on any atom is 0.287 e. The Bertz CT molecular complexity index is 1210. The Hall–Kier alpha value is -2.83. The van der Waals surface area contributed by atoms with Gasteiger partial charge in [-0.2, -0.15) is 0 Å². The van der Waals surface area contributed by atoms with Crippen molar-refractivity contribution in [1.29, 1.82) is 0 Å². The van der Waals surface area contributed by atoms with Gasteiger partial charge in [-0.3, -0.25) is 4.79 Å². The summed E-state index contributed by atoms with van der Waals surface area (Å²) < 4.78 is 5.98. The highest BCUT2D eigenvalue weighted by Crippen LogP contribution is 2.31. The molecule has 2 aromatic carbocycles. The summed E-state index contributed by atoms with van der Waals surface area (Å²) in [5.41, 5.74) is 1.98. The lowest BCUT2D eigenvalue weighted by molar-refractivity contribution is 0.0885. The van der Waals surface area contributed by atoms with Crippen LogP contribution in [0, 0.1) is 0 Å². The number of rotatable bonds is 7. The van der Waals surface area contributed by atoms with Gasteiger partial charge in [-0.15, -0.1) is 0 Å². The van der Waals surface area contributed by atoms with Gasteiger partial charge in [0.2, 0.25) is 0 Å². The van der Waals surface area contributed by atoms with E-state index in [4.69, 9.17) is 16.0 Å². The molecule has 0 fully saturated rings. The van der Waals surface area contributed by atoms with E-state index < -0.39 is 5.54 Å². The van der Waals surface area contributed by atoms with Crippen molar-refractivity contribution < 1.29 is 9.21 Å². The number of hydrogen-bond acceptors (Lipinski definition) is 5. The molecule has 0 aliphatic rings. The average Bonchev–Trinajstić information content (AvgIpc) is 3.13. The maximum absolute atomic E-state index is 13.3. The number of thioether (sulfide) groups is 1. The summed E-state index contributed by atoms with van der Waals surface area (Å²) in [5.74, 6) is 0.587. The fraction of sp³-hybridized carbons (Fsp3) is 0.208. The topological polar surface area (TPSA) is 68.0 Å². The molecule has 0 spiro atoms. The number of nitrogens with zero attached hydrogens (tertiary/aromatic N) is 2. The van der Waals surface area contributed by atoms with Gasteiger partial charge in [0.1, 0.15) is 5.58 Å². The molecule has 4 rings (SSSR count). The highest BCUT2D eigenvalue weighted by Gasteiger charge is 2.27. The van der Waals surface area contributed by atoms with Crippen LogP contribution in [0.1, 0.15) is 35.5 Å². The summed E-state index contributed by atoms with van der Waals surface area (Å²) >= 11 is 7.78. The Balaban J connectivity index is 1.59. The predicted molar refractivity (Wildman–Crippen MR) is 125 cm³/mol. The van der Waals surface area contributed by atoms with E-state index in [1.807, 2.05) is 62.4 Å². The van der Waals surface area contributed by atoms with Crippen LogP contribution in [-0.4, -0.2) is 21.4 Å². The quantitative estimate of drug-likeness (QED) is 0.279. The molecule has 1 amide bonds. The Morgan fingerprint density at radius 2 is 1.77 bits per heavy atom. The van der Waals surface area contributed by atoms with Crippen molar-refractivity contribution in [3.8, 4) is 0 Å². The van der Waals surface area contributed by atoms with Crippen LogP contribution < -0.4 is 5.32 Å². The van der Waals surface area contributed by atoms with Gasteiger partial charge in [0.15, 0.2) is 10.9 Å². The van der Waals surface area contributed by atoms with Crippen molar-refractivity contribution in [1.82, 2.24) is 15.3 Å². The second-order valence-corrected chi connectivity index (χ2v) is 9.18. The van der Waals surface area contributed by atoms with Gasteiger partial charge >= 0.3 is 0 Å². The number of para-hydroxylation sites is 1. The molecule has 0 radical (unpaired) electrons. The number of halogens is 1. The fourth-order valence-electron chi connectivity index (χ4n) is 3.45. The average molecular weight is 452 g/mol. The van der Waals surface area contributed by atoms with Gasteiger partial charge in [0, 0.05) is 39.7 Å². The number of amides is 1. The Morgan fingerprint density at radius 3 is 2.55 bits per heavy atom. The highest BCUT2D eigenvalue weighted by atomic mass is 35.5. The van der Waals surface area contributed by atoms with E-state index in [0.29, 0.717) is 33.7 Å². The molecule has 0 unspecified atom stereocenters. The monoisotopic (exact) mass is 451 g/mol. The maximum atomic E-state index is 13.3. The van der Waals surface area contributed by atoms with Gasteiger partial charge in [-0.05, 0) is 44.0 Å². The third-order valence-corrected chi connectivity index (χ3v) is 6.11. The third kappa shape index (κ3) is 5.09. The molecule has 4 aromatic rings. The minimum atomic E-state index is -0.520. The fourth-order valence-corrected chi connectivity index (χ4v) is 4.48. The van der Waals surface area contributed by atoms with E-state index in [0.717, 1.165) is 16.5 Å². The SMILES string of the molecule is CC(C)(Cc1ccccc1Cl)NC(=O)c1oc2ccccc2c1CSc1ncccn1. The van der Waals surface area contributed by atoms with E-state index >= 15 is 0 Å². The Labute approximate surface area is 190 Å². The third-order valence-electron chi connectivity index (χ3n) is 4.83. The summed E-state index contributed by atoms with van der Waals surface area (Å²) in [6, 6.07) is 17.1. The lowest BCUT2D eigenvalue weighted by atomic mass is 9.94. The normalized spacial score (nSPS) is 11.6. The smallest absolute Gasteiger partial charge is 0.287 e. The molecule has 2 aromatic heterocycles. The number of carbonyl (C=O) groups is 1. The molecule has 0 bridgehead atoms.